The molecule has 0 bridgehead atoms. The number of piperidine rings is 2. The number of aryl methyl sites for hydroxylation is 1. The van der Waals surface area contributed by atoms with E-state index in [-0.39, 0.29) is 53.9 Å². The Labute approximate surface area is 319 Å². The Kier molecular flexibility index (Phi) is 9.39. The van der Waals surface area contributed by atoms with Crippen LogP contribution in [0.15, 0.2) is 53.8 Å². The highest BCUT2D eigenvalue weighted by Gasteiger charge is 2.40. The molecule has 7 heterocycles. The van der Waals surface area contributed by atoms with Gasteiger partial charge in [0.25, 0.3) is 12.3 Å². The Bertz CT molecular complexity index is 2380. The molecule has 4 aromatic heterocycles. The molecule has 0 radical (unpaired) electrons. The second-order valence-electron chi connectivity index (χ2n) is 15.3. The number of para-hydroxylation sites is 1. The van der Waals surface area contributed by atoms with Crippen LogP contribution >= 0.6 is 0 Å². The number of hydrogen-bond acceptors (Lipinski definition) is 10. The number of fused-ring (bicyclic) bond motifs is 3. The Hall–Kier alpha value is -5.49. The predicted molar refractivity (Wildman–Crippen MR) is 200 cm³/mol. The number of halogens is 2. The number of carbonyl (C=O) groups excluding carboxylic acids is 3. The van der Waals surface area contributed by atoms with Gasteiger partial charge in [-0.15, -0.1) is 0 Å². The number of imide groups is 1. The third-order valence-electron chi connectivity index (χ3n) is 12.1. The molecule has 5 aromatic rings. The first-order valence-corrected chi connectivity index (χ1v) is 19.3. The largest absolute Gasteiger partial charge is 0.373 e. The van der Waals surface area contributed by atoms with Crippen molar-refractivity contribution in [3.63, 3.8) is 0 Å². The van der Waals surface area contributed by atoms with Crippen molar-refractivity contribution in [1.29, 1.82) is 0 Å². The Morgan fingerprint density at radius 3 is 2.71 bits per heavy atom. The summed E-state index contributed by atoms with van der Waals surface area (Å²) >= 11 is 0. The lowest BCUT2D eigenvalue weighted by Crippen LogP contribution is -2.60. The molecule has 9 rings (SSSR count). The number of ether oxygens (including phenoxy) is 1. The zero-order valence-electron chi connectivity index (χ0n) is 30.9. The summed E-state index contributed by atoms with van der Waals surface area (Å²) in [6.45, 7) is 3.80. The molecule has 0 spiro atoms. The van der Waals surface area contributed by atoms with Crippen molar-refractivity contribution in [3.8, 4) is 0 Å². The molecule has 4 fully saturated rings. The monoisotopic (exact) mass is 771 g/mol. The van der Waals surface area contributed by atoms with Crippen molar-refractivity contribution in [2.45, 2.75) is 75.6 Å². The van der Waals surface area contributed by atoms with Crippen LogP contribution < -0.4 is 21.2 Å². The lowest BCUT2D eigenvalue weighted by Gasteiger charge is -2.48. The van der Waals surface area contributed by atoms with Gasteiger partial charge in [-0.25, -0.2) is 23.1 Å². The number of morpholine rings is 1. The Balaban J connectivity index is 0.839. The second kappa shape index (κ2) is 14.5. The molecular formula is C38H43F2N11O5. The Morgan fingerprint density at radius 2 is 1.91 bits per heavy atom. The summed E-state index contributed by atoms with van der Waals surface area (Å²) < 4.78 is 40.8. The van der Waals surface area contributed by atoms with Crippen LogP contribution in [-0.4, -0.2) is 101 Å². The fourth-order valence-electron chi connectivity index (χ4n) is 9.27. The van der Waals surface area contributed by atoms with Crippen LogP contribution in [0, 0.1) is 5.92 Å². The number of benzene rings is 1. The molecule has 3 unspecified atom stereocenters. The molecule has 2 N–H and O–H groups in total. The maximum absolute atomic E-state index is 14.1. The summed E-state index contributed by atoms with van der Waals surface area (Å²) in [5.41, 5.74) is 2.07. The minimum Gasteiger partial charge on any atom is -0.373 e. The number of nitrogens with one attached hydrogen (secondary N) is 2. The number of rotatable bonds is 8. The van der Waals surface area contributed by atoms with Crippen LogP contribution in [0.25, 0.3) is 16.7 Å². The van der Waals surface area contributed by atoms with Gasteiger partial charge in [-0.3, -0.25) is 38.4 Å². The molecule has 18 heteroatoms. The zero-order valence-corrected chi connectivity index (χ0v) is 30.9. The number of amides is 3. The minimum atomic E-state index is -2.86. The molecule has 16 nitrogen and oxygen atoms in total. The van der Waals surface area contributed by atoms with E-state index in [1.165, 1.54) is 27.7 Å². The van der Waals surface area contributed by atoms with Gasteiger partial charge in [-0.2, -0.15) is 10.2 Å². The molecule has 294 valence electrons. The van der Waals surface area contributed by atoms with Crippen LogP contribution in [0.4, 0.5) is 20.2 Å². The minimum absolute atomic E-state index is 0.0153. The fourth-order valence-corrected chi connectivity index (χ4v) is 9.27. The van der Waals surface area contributed by atoms with Crippen LogP contribution in [0.2, 0.25) is 0 Å². The molecular weight excluding hydrogens is 728 g/mol. The highest BCUT2D eigenvalue weighted by Crippen LogP contribution is 2.38. The van der Waals surface area contributed by atoms with Gasteiger partial charge >= 0.3 is 5.69 Å². The average molecular weight is 772 g/mol. The van der Waals surface area contributed by atoms with Crippen molar-refractivity contribution >= 4 is 45.8 Å². The van der Waals surface area contributed by atoms with Crippen LogP contribution in [0.3, 0.4) is 0 Å². The van der Waals surface area contributed by atoms with E-state index in [9.17, 15) is 28.0 Å². The number of hydrogen-bond donors (Lipinski definition) is 2. The molecule has 3 atom stereocenters. The van der Waals surface area contributed by atoms with E-state index < -0.39 is 30.0 Å². The van der Waals surface area contributed by atoms with Gasteiger partial charge in [-0.1, -0.05) is 6.07 Å². The van der Waals surface area contributed by atoms with Crippen molar-refractivity contribution in [1.82, 2.24) is 43.7 Å². The van der Waals surface area contributed by atoms with E-state index in [1.807, 2.05) is 18.2 Å². The van der Waals surface area contributed by atoms with Crippen molar-refractivity contribution < 1.29 is 27.9 Å². The normalized spacial score (nSPS) is 24.9. The molecule has 1 aliphatic carbocycles. The highest BCUT2D eigenvalue weighted by atomic mass is 19.3. The number of nitrogens with zero attached hydrogens (tertiary/aromatic N) is 9. The van der Waals surface area contributed by atoms with Gasteiger partial charge in [0.1, 0.15) is 11.6 Å². The first-order valence-electron chi connectivity index (χ1n) is 19.3. The van der Waals surface area contributed by atoms with E-state index in [0.717, 1.165) is 62.9 Å². The summed E-state index contributed by atoms with van der Waals surface area (Å²) in [6.07, 6.45) is 7.94. The van der Waals surface area contributed by atoms with E-state index in [0.29, 0.717) is 30.2 Å². The second-order valence-corrected chi connectivity index (χ2v) is 15.3. The molecule has 1 saturated carbocycles. The predicted octanol–water partition coefficient (Wildman–Crippen LogP) is 3.46. The Morgan fingerprint density at radius 1 is 1.07 bits per heavy atom. The first kappa shape index (κ1) is 36.2. The van der Waals surface area contributed by atoms with Crippen molar-refractivity contribution in [2.24, 2.45) is 13.0 Å². The van der Waals surface area contributed by atoms with E-state index in [1.54, 1.807) is 28.6 Å². The smallest absolute Gasteiger partial charge is 0.329 e. The maximum atomic E-state index is 14.1. The topological polar surface area (TPSA) is 166 Å². The molecule has 3 amide bonds. The summed E-state index contributed by atoms with van der Waals surface area (Å²) in [7, 11) is 1.72. The number of imidazole rings is 1. The van der Waals surface area contributed by atoms with Gasteiger partial charge in [0.2, 0.25) is 11.8 Å². The number of carbonyl (C=O) groups is 3. The van der Waals surface area contributed by atoms with Crippen molar-refractivity contribution in [2.75, 3.05) is 43.0 Å². The summed E-state index contributed by atoms with van der Waals surface area (Å²) in [4.78, 5) is 60.2. The van der Waals surface area contributed by atoms with Crippen LogP contribution in [-0.2, 0) is 21.4 Å². The molecule has 1 aromatic carbocycles. The van der Waals surface area contributed by atoms with Crippen LogP contribution in [0.1, 0.15) is 79.5 Å². The van der Waals surface area contributed by atoms with Gasteiger partial charge in [0, 0.05) is 64.3 Å². The van der Waals surface area contributed by atoms with Gasteiger partial charge in [-0.05, 0) is 62.6 Å². The number of aromatic nitrogens is 7. The molecule has 4 aliphatic rings. The van der Waals surface area contributed by atoms with E-state index in [4.69, 9.17) is 4.74 Å². The van der Waals surface area contributed by atoms with Gasteiger partial charge in [0.05, 0.1) is 47.4 Å². The van der Waals surface area contributed by atoms with Gasteiger partial charge < -0.3 is 15.0 Å². The number of anilines is 2. The molecule has 56 heavy (non-hydrogen) atoms. The van der Waals surface area contributed by atoms with E-state index >= 15 is 0 Å². The standard InChI is InChI=1S/C38H43F2N11O5/c1-46-33-27(4-2-5-28(33)51(38(46)55)29-10-11-31(52)44-37(29)54)47-15-12-26-30(21-47)56-17-16-48(26)19-22-6-8-23(9-7-22)50-20-25(32(45-50)34(39)40)43-36(53)24-18-42-49-14-3-13-41-35(24)49/h2-5,13-14,18,20,22-23,26,29-30,34H,6-12,15-17,19,21H2,1H3,(H,43,53)(H,44,52,54). The summed E-state index contributed by atoms with van der Waals surface area (Å²) in [5.74, 6) is -0.924. The highest BCUT2D eigenvalue weighted by molar-refractivity contribution is 6.08. The van der Waals surface area contributed by atoms with Gasteiger partial charge in [0.15, 0.2) is 11.3 Å². The quantitative estimate of drug-likeness (QED) is 0.223. The lowest BCUT2D eigenvalue weighted by molar-refractivity contribution is -0.135. The third kappa shape index (κ3) is 6.43. The first-order chi connectivity index (χ1) is 27.1. The SMILES string of the molecule is Cn1c(=O)n(C2CCC(=O)NC2=O)c2cccc(N3CCC4C(C3)OCCN4CC3CCC(n4cc(NC(=O)c5cnn6cccnc56)c(C(F)F)n4)CC3)c21. The third-order valence-corrected chi connectivity index (χ3v) is 12.1. The number of alkyl halides is 2. The molecule has 3 aliphatic heterocycles. The van der Waals surface area contributed by atoms with Crippen molar-refractivity contribution in [3.05, 3.63) is 70.8 Å². The molecule has 3 saturated heterocycles. The van der Waals surface area contributed by atoms with E-state index in [2.05, 4.69) is 35.6 Å². The average Bonchev–Trinajstić information content (AvgIpc) is 3.90. The fraction of sp³-hybridized carbons (Fsp3) is 0.500. The maximum Gasteiger partial charge on any atom is 0.329 e. The lowest BCUT2D eigenvalue weighted by atomic mass is 9.85. The summed E-state index contributed by atoms with van der Waals surface area (Å²) in [5, 5.41) is 13.4. The zero-order chi connectivity index (χ0) is 38.7. The van der Waals surface area contributed by atoms with Crippen LogP contribution in [0.5, 0.6) is 0 Å². The summed E-state index contributed by atoms with van der Waals surface area (Å²) in [6, 6.07) is 6.89.